The summed E-state index contributed by atoms with van der Waals surface area (Å²) in [5.41, 5.74) is 2.35. The van der Waals surface area contributed by atoms with Crippen LogP contribution in [-0.2, 0) is 11.3 Å². The van der Waals surface area contributed by atoms with Gasteiger partial charge in [0, 0.05) is 19.5 Å². The zero-order valence-corrected chi connectivity index (χ0v) is 13.6. The zero-order chi connectivity index (χ0) is 16.1. The van der Waals surface area contributed by atoms with E-state index < -0.39 is 0 Å². The minimum Gasteiger partial charge on any atom is -0.493 e. The molecule has 2 aromatic carbocycles. The predicted molar refractivity (Wildman–Crippen MR) is 91.4 cm³/mol. The van der Waals surface area contributed by atoms with Crippen LogP contribution < -0.4 is 4.74 Å². The molecule has 1 atom stereocenters. The molecule has 1 amide bonds. The summed E-state index contributed by atoms with van der Waals surface area (Å²) >= 11 is 0. The van der Waals surface area contributed by atoms with Gasteiger partial charge in [-0.1, -0.05) is 48.5 Å². The lowest BCUT2D eigenvalue weighted by molar-refractivity contribution is -0.132. The predicted octanol–water partition coefficient (Wildman–Crippen LogP) is 3.99. The van der Waals surface area contributed by atoms with Gasteiger partial charge in [-0.2, -0.15) is 0 Å². The first-order valence-electron chi connectivity index (χ1n) is 8.31. The molecule has 3 nitrogen and oxygen atoms in total. The van der Waals surface area contributed by atoms with Crippen molar-refractivity contribution < 1.29 is 9.53 Å². The van der Waals surface area contributed by atoms with Gasteiger partial charge in [0.2, 0.25) is 5.91 Å². The van der Waals surface area contributed by atoms with Crippen LogP contribution in [0.15, 0.2) is 54.6 Å². The van der Waals surface area contributed by atoms with Gasteiger partial charge in [-0.3, -0.25) is 4.79 Å². The molecule has 2 aromatic rings. The molecule has 1 unspecified atom stereocenters. The lowest BCUT2D eigenvalue weighted by atomic mass is 9.90. The van der Waals surface area contributed by atoms with Crippen molar-refractivity contribution in [2.45, 2.75) is 32.2 Å². The topological polar surface area (TPSA) is 29.5 Å². The van der Waals surface area contributed by atoms with Crippen molar-refractivity contribution in [3.63, 3.8) is 0 Å². The number of amides is 1. The van der Waals surface area contributed by atoms with E-state index in [0.29, 0.717) is 19.6 Å². The average molecular weight is 309 g/mol. The van der Waals surface area contributed by atoms with Crippen LogP contribution in [0.2, 0.25) is 0 Å². The fourth-order valence-corrected chi connectivity index (χ4v) is 3.15. The average Bonchev–Trinajstić information content (AvgIpc) is 2.61. The number of benzene rings is 2. The van der Waals surface area contributed by atoms with Crippen molar-refractivity contribution in [2.24, 2.45) is 0 Å². The number of hydrogen-bond donors (Lipinski definition) is 0. The van der Waals surface area contributed by atoms with Crippen LogP contribution >= 0.6 is 0 Å². The molecule has 23 heavy (non-hydrogen) atoms. The van der Waals surface area contributed by atoms with Gasteiger partial charge in [0.25, 0.3) is 0 Å². The van der Waals surface area contributed by atoms with Gasteiger partial charge in [-0.15, -0.1) is 0 Å². The molecule has 0 aliphatic carbocycles. The van der Waals surface area contributed by atoms with Gasteiger partial charge in [-0.05, 0) is 36.5 Å². The first-order chi connectivity index (χ1) is 11.3. The first-order valence-corrected chi connectivity index (χ1v) is 8.31. The number of rotatable bonds is 5. The Morgan fingerprint density at radius 1 is 1.13 bits per heavy atom. The summed E-state index contributed by atoms with van der Waals surface area (Å²) in [4.78, 5) is 14.7. The Labute approximate surface area is 137 Å². The fraction of sp³-hybridized carbons (Fsp3) is 0.350. The highest BCUT2D eigenvalue weighted by atomic mass is 16.5. The molecular formula is C20H23NO2. The molecule has 3 heteroatoms. The van der Waals surface area contributed by atoms with Crippen molar-refractivity contribution in [1.29, 1.82) is 0 Å². The van der Waals surface area contributed by atoms with Gasteiger partial charge in [-0.25, -0.2) is 0 Å². The standard InChI is InChI=1S/C20H23NO2/c1-2-21(15-16-8-4-3-5-9-16)20(22)14-17-12-13-23-19-11-7-6-10-18(17)19/h3-11,17H,2,12-15H2,1H3. The second-order valence-electron chi connectivity index (χ2n) is 5.97. The summed E-state index contributed by atoms with van der Waals surface area (Å²) in [5.74, 6) is 1.41. The number of fused-ring (bicyclic) bond motifs is 1. The van der Waals surface area contributed by atoms with Crippen LogP contribution in [0.3, 0.4) is 0 Å². The highest BCUT2D eigenvalue weighted by molar-refractivity contribution is 5.77. The third kappa shape index (κ3) is 3.73. The summed E-state index contributed by atoms with van der Waals surface area (Å²) in [6, 6.07) is 18.3. The van der Waals surface area contributed by atoms with E-state index in [1.807, 2.05) is 48.2 Å². The number of nitrogens with zero attached hydrogens (tertiary/aromatic N) is 1. The monoisotopic (exact) mass is 309 g/mol. The Morgan fingerprint density at radius 2 is 1.87 bits per heavy atom. The second kappa shape index (κ2) is 7.32. The number of carbonyl (C=O) groups is 1. The Morgan fingerprint density at radius 3 is 2.65 bits per heavy atom. The Hall–Kier alpha value is -2.29. The molecule has 0 spiro atoms. The van der Waals surface area contributed by atoms with Crippen molar-refractivity contribution >= 4 is 5.91 Å². The van der Waals surface area contributed by atoms with Gasteiger partial charge in [0.05, 0.1) is 6.61 Å². The van der Waals surface area contributed by atoms with Crippen molar-refractivity contribution in [3.05, 3.63) is 65.7 Å². The molecule has 0 saturated carbocycles. The summed E-state index contributed by atoms with van der Waals surface area (Å²) < 4.78 is 5.69. The number of hydrogen-bond acceptors (Lipinski definition) is 2. The first kappa shape index (κ1) is 15.6. The van der Waals surface area contributed by atoms with Crippen LogP contribution in [0.5, 0.6) is 5.75 Å². The van der Waals surface area contributed by atoms with E-state index in [0.717, 1.165) is 18.7 Å². The zero-order valence-electron chi connectivity index (χ0n) is 13.6. The Balaban J connectivity index is 1.68. The summed E-state index contributed by atoms with van der Waals surface area (Å²) in [6.45, 7) is 4.15. The maximum absolute atomic E-state index is 12.7. The van der Waals surface area contributed by atoms with Crippen LogP contribution in [0.4, 0.5) is 0 Å². The van der Waals surface area contributed by atoms with Crippen molar-refractivity contribution in [2.75, 3.05) is 13.2 Å². The van der Waals surface area contributed by atoms with Crippen LogP contribution in [-0.4, -0.2) is 24.0 Å². The molecule has 1 heterocycles. The molecule has 3 rings (SSSR count). The van der Waals surface area contributed by atoms with Gasteiger partial charge < -0.3 is 9.64 Å². The SMILES string of the molecule is CCN(Cc1ccccc1)C(=O)CC1CCOc2ccccc21. The smallest absolute Gasteiger partial charge is 0.223 e. The van der Waals surface area contributed by atoms with E-state index in [-0.39, 0.29) is 11.8 Å². The molecule has 0 radical (unpaired) electrons. The second-order valence-corrected chi connectivity index (χ2v) is 5.97. The highest BCUT2D eigenvalue weighted by Gasteiger charge is 2.25. The minimum absolute atomic E-state index is 0.220. The summed E-state index contributed by atoms with van der Waals surface area (Å²) in [7, 11) is 0. The van der Waals surface area contributed by atoms with Gasteiger partial charge in [0.15, 0.2) is 0 Å². The number of ether oxygens (including phenoxy) is 1. The third-order valence-electron chi connectivity index (χ3n) is 4.45. The molecular weight excluding hydrogens is 286 g/mol. The molecule has 0 saturated heterocycles. The number of para-hydroxylation sites is 1. The van der Waals surface area contributed by atoms with E-state index >= 15 is 0 Å². The maximum atomic E-state index is 12.7. The molecule has 0 N–H and O–H groups in total. The van der Waals surface area contributed by atoms with Crippen molar-refractivity contribution in [1.82, 2.24) is 4.90 Å². The number of carbonyl (C=O) groups excluding carboxylic acids is 1. The molecule has 0 fully saturated rings. The highest BCUT2D eigenvalue weighted by Crippen LogP contribution is 2.35. The summed E-state index contributed by atoms with van der Waals surface area (Å²) in [5, 5.41) is 0. The molecule has 120 valence electrons. The lowest BCUT2D eigenvalue weighted by Crippen LogP contribution is -2.32. The Kier molecular flexibility index (Phi) is 4.96. The van der Waals surface area contributed by atoms with Crippen LogP contribution in [0, 0.1) is 0 Å². The van der Waals surface area contributed by atoms with E-state index in [9.17, 15) is 4.79 Å². The van der Waals surface area contributed by atoms with Gasteiger partial charge >= 0.3 is 0 Å². The molecule has 1 aliphatic heterocycles. The van der Waals surface area contributed by atoms with E-state index in [1.165, 1.54) is 11.1 Å². The van der Waals surface area contributed by atoms with Crippen molar-refractivity contribution in [3.8, 4) is 5.75 Å². The minimum atomic E-state index is 0.220. The third-order valence-corrected chi connectivity index (χ3v) is 4.45. The lowest BCUT2D eigenvalue weighted by Gasteiger charge is -2.28. The van der Waals surface area contributed by atoms with E-state index in [4.69, 9.17) is 4.74 Å². The Bertz CT molecular complexity index is 654. The van der Waals surface area contributed by atoms with Gasteiger partial charge in [0.1, 0.15) is 5.75 Å². The molecule has 1 aliphatic rings. The van der Waals surface area contributed by atoms with E-state index in [1.54, 1.807) is 0 Å². The van der Waals surface area contributed by atoms with Crippen LogP contribution in [0.1, 0.15) is 36.8 Å². The molecule has 0 aromatic heterocycles. The van der Waals surface area contributed by atoms with Crippen LogP contribution in [0.25, 0.3) is 0 Å². The maximum Gasteiger partial charge on any atom is 0.223 e. The molecule has 0 bridgehead atoms. The quantitative estimate of drug-likeness (QED) is 0.835. The van der Waals surface area contributed by atoms with E-state index in [2.05, 4.69) is 18.2 Å². The summed E-state index contributed by atoms with van der Waals surface area (Å²) in [6.07, 6.45) is 1.46. The largest absolute Gasteiger partial charge is 0.493 e. The normalized spacial score (nSPS) is 16.3. The fourth-order valence-electron chi connectivity index (χ4n) is 3.15.